The Kier molecular flexibility index (Phi) is 5.60. The van der Waals surface area contributed by atoms with Gasteiger partial charge in [0.25, 0.3) is 5.91 Å². The smallest absolute Gasteiger partial charge is 0.406 e. The second kappa shape index (κ2) is 6.80. The molecule has 0 heterocycles. The van der Waals surface area contributed by atoms with Crippen LogP contribution in [-0.4, -0.2) is 30.5 Å². The second-order valence-corrected chi connectivity index (χ2v) is 5.39. The van der Waals surface area contributed by atoms with E-state index in [-0.39, 0.29) is 29.2 Å². The summed E-state index contributed by atoms with van der Waals surface area (Å²) >= 11 is 0. The van der Waals surface area contributed by atoms with Crippen molar-refractivity contribution in [3.05, 3.63) is 29.8 Å². The van der Waals surface area contributed by atoms with E-state index >= 15 is 0 Å². The zero-order chi connectivity index (χ0) is 16.1. The summed E-state index contributed by atoms with van der Waals surface area (Å²) < 4.78 is 39.7. The Morgan fingerprint density at radius 1 is 1.24 bits per heavy atom. The maximum Gasteiger partial charge on any atom is 0.573 e. The van der Waals surface area contributed by atoms with Crippen molar-refractivity contribution in [1.29, 1.82) is 0 Å². The number of carbonyl (C=O) groups is 1. The summed E-state index contributed by atoms with van der Waals surface area (Å²) in [6, 6.07) is 4.69. The van der Waals surface area contributed by atoms with Gasteiger partial charge in [-0.1, -0.05) is 13.8 Å². The Hall–Kier alpha value is -1.76. The summed E-state index contributed by atoms with van der Waals surface area (Å²) in [7, 11) is 0. The zero-order valence-electron chi connectivity index (χ0n) is 11.8. The van der Waals surface area contributed by atoms with E-state index in [4.69, 9.17) is 5.11 Å². The first kappa shape index (κ1) is 17.3. The van der Waals surface area contributed by atoms with Crippen LogP contribution in [0.4, 0.5) is 13.2 Å². The Balaban J connectivity index is 2.59. The minimum Gasteiger partial charge on any atom is -0.406 e. The predicted octanol–water partition coefficient (Wildman–Crippen LogP) is 2.72. The molecule has 7 heteroatoms. The molecule has 118 valence electrons. The largest absolute Gasteiger partial charge is 0.573 e. The van der Waals surface area contributed by atoms with Crippen molar-refractivity contribution in [2.45, 2.75) is 26.6 Å². The van der Waals surface area contributed by atoms with Gasteiger partial charge in [-0.15, -0.1) is 13.2 Å². The van der Waals surface area contributed by atoms with Crippen LogP contribution in [0.2, 0.25) is 0 Å². The topological polar surface area (TPSA) is 58.6 Å². The molecule has 4 nitrogen and oxygen atoms in total. The van der Waals surface area contributed by atoms with Crippen LogP contribution in [-0.2, 0) is 0 Å². The highest BCUT2D eigenvalue weighted by Gasteiger charge is 2.31. The molecule has 0 atom stereocenters. The van der Waals surface area contributed by atoms with Crippen molar-refractivity contribution in [3.8, 4) is 5.75 Å². The maximum atomic E-state index is 12.0. The molecule has 0 aliphatic carbocycles. The third-order valence-electron chi connectivity index (χ3n) is 2.87. The normalized spacial score (nSPS) is 12.1. The number of amides is 1. The summed E-state index contributed by atoms with van der Waals surface area (Å²) in [6.07, 6.45) is -4.22. The average Bonchev–Trinajstić information content (AvgIpc) is 2.35. The first-order valence-electron chi connectivity index (χ1n) is 6.38. The van der Waals surface area contributed by atoms with Crippen molar-refractivity contribution in [1.82, 2.24) is 5.32 Å². The molecule has 0 aromatic heterocycles. The molecule has 1 amide bonds. The Bertz CT molecular complexity index is 469. The zero-order valence-corrected chi connectivity index (χ0v) is 11.8. The lowest BCUT2D eigenvalue weighted by Gasteiger charge is -2.23. The van der Waals surface area contributed by atoms with E-state index in [1.807, 2.05) is 13.8 Å². The quantitative estimate of drug-likeness (QED) is 0.849. The molecule has 0 unspecified atom stereocenters. The third-order valence-corrected chi connectivity index (χ3v) is 2.87. The van der Waals surface area contributed by atoms with Gasteiger partial charge in [0.15, 0.2) is 0 Å². The Morgan fingerprint density at radius 3 is 2.29 bits per heavy atom. The van der Waals surface area contributed by atoms with Crippen LogP contribution in [0.3, 0.4) is 0 Å². The number of nitrogens with one attached hydrogen (secondary N) is 1. The summed E-state index contributed by atoms with van der Waals surface area (Å²) in [5.41, 5.74) is -0.0201. The summed E-state index contributed by atoms with van der Waals surface area (Å²) in [5.74, 6) is -0.765. The molecule has 0 saturated carbocycles. The van der Waals surface area contributed by atoms with E-state index < -0.39 is 6.36 Å². The number of hydrogen-bond donors (Lipinski definition) is 2. The highest BCUT2D eigenvalue weighted by molar-refractivity contribution is 5.94. The number of halogens is 3. The minimum absolute atomic E-state index is 0.0202. The van der Waals surface area contributed by atoms with Gasteiger partial charge in [0.05, 0.1) is 0 Å². The fourth-order valence-corrected chi connectivity index (χ4v) is 1.62. The van der Waals surface area contributed by atoms with Gasteiger partial charge in [0, 0.05) is 18.7 Å². The van der Waals surface area contributed by atoms with Crippen LogP contribution >= 0.6 is 0 Å². The molecule has 0 fully saturated rings. The van der Waals surface area contributed by atoms with Crippen LogP contribution in [0.15, 0.2) is 24.3 Å². The second-order valence-electron chi connectivity index (χ2n) is 5.39. The van der Waals surface area contributed by atoms with Gasteiger partial charge in [-0.2, -0.15) is 0 Å². The van der Waals surface area contributed by atoms with Gasteiger partial charge < -0.3 is 15.2 Å². The van der Waals surface area contributed by atoms with Crippen LogP contribution in [0, 0.1) is 5.41 Å². The van der Waals surface area contributed by atoms with Crippen molar-refractivity contribution in [2.24, 2.45) is 5.41 Å². The molecule has 0 radical (unpaired) electrons. The number of aliphatic hydroxyl groups excluding tert-OH is 1. The molecular weight excluding hydrogens is 287 g/mol. The molecular formula is C14H18F3NO3. The van der Waals surface area contributed by atoms with Crippen molar-refractivity contribution in [2.75, 3.05) is 13.2 Å². The summed E-state index contributed by atoms with van der Waals surface area (Å²) in [5, 5.41) is 11.6. The molecule has 2 N–H and O–H groups in total. The molecule has 1 aromatic rings. The van der Waals surface area contributed by atoms with Crippen LogP contribution in [0.25, 0.3) is 0 Å². The minimum atomic E-state index is -4.75. The lowest BCUT2D eigenvalue weighted by molar-refractivity contribution is -0.274. The van der Waals surface area contributed by atoms with Gasteiger partial charge >= 0.3 is 6.36 Å². The van der Waals surface area contributed by atoms with E-state index in [9.17, 15) is 18.0 Å². The molecule has 0 aliphatic rings. The molecule has 0 spiro atoms. The number of aliphatic hydroxyl groups is 1. The lowest BCUT2D eigenvalue weighted by Crippen LogP contribution is -2.34. The maximum absolute atomic E-state index is 12.0. The summed E-state index contributed by atoms with van der Waals surface area (Å²) in [4.78, 5) is 11.9. The molecule has 1 rings (SSSR count). The lowest BCUT2D eigenvalue weighted by atomic mass is 9.89. The highest BCUT2D eigenvalue weighted by atomic mass is 19.4. The third kappa shape index (κ3) is 6.48. The van der Waals surface area contributed by atoms with Gasteiger partial charge in [0.1, 0.15) is 5.75 Å². The Labute approximate surface area is 120 Å². The number of hydrogen-bond acceptors (Lipinski definition) is 3. The first-order chi connectivity index (χ1) is 9.63. The number of ether oxygens (including phenoxy) is 1. The Morgan fingerprint density at radius 2 is 1.81 bits per heavy atom. The van der Waals surface area contributed by atoms with Crippen molar-refractivity contribution >= 4 is 5.91 Å². The monoisotopic (exact) mass is 305 g/mol. The SMILES string of the molecule is CC(C)(CCO)CNC(=O)c1ccc(OC(F)(F)F)cc1. The molecule has 0 aliphatic heterocycles. The summed E-state index contributed by atoms with van der Waals surface area (Å²) in [6.45, 7) is 4.16. The van der Waals surface area contributed by atoms with Gasteiger partial charge in [-0.3, -0.25) is 4.79 Å². The highest BCUT2D eigenvalue weighted by Crippen LogP contribution is 2.23. The fourth-order valence-electron chi connectivity index (χ4n) is 1.62. The number of rotatable bonds is 6. The van der Waals surface area contributed by atoms with E-state index in [0.29, 0.717) is 13.0 Å². The van der Waals surface area contributed by atoms with Gasteiger partial charge in [-0.25, -0.2) is 0 Å². The van der Waals surface area contributed by atoms with Crippen LogP contribution in [0.1, 0.15) is 30.6 Å². The van der Waals surface area contributed by atoms with Gasteiger partial charge in [-0.05, 0) is 36.1 Å². The van der Waals surface area contributed by atoms with Crippen molar-refractivity contribution < 1.29 is 27.8 Å². The standard InChI is InChI=1S/C14H18F3NO3/c1-13(2,7-8-19)9-18-12(20)10-3-5-11(6-4-10)21-14(15,16)17/h3-6,19H,7-9H2,1-2H3,(H,18,20). The molecule has 1 aromatic carbocycles. The van der Waals surface area contributed by atoms with Crippen molar-refractivity contribution in [3.63, 3.8) is 0 Å². The van der Waals surface area contributed by atoms with Crippen LogP contribution in [0.5, 0.6) is 5.75 Å². The van der Waals surface area contributed by atoms with Crippen LogP contribution < -0.4 is 10.1 Å². The van der Waals surface area contributed by atoms with E-state index in [0.717, 1.165) is 12.1 Å². The number of benzene rings is 1. The van der Waals surface area contributed by atoms with E-state index in [1.54, 1.807) is 0 Å². The molecule has 21 heavy (non-hydrogen) atoms. The number of carbonyl (C=O) groups excluding carboxylic acids is 1. The van der Waals surface area contributed by atoms with E-state index in [2.05, 4.69) is 10.1 Å². The van der Waals surface area contributed by atoms with E-state index in [1.165, 1.54) is 12.1 Å². The number of alkyl halides is 3. The fraction of sp³-hybridized carbons (Fsp3) is 0.500. The van der Waals surface area contributed by atoms with Gasteiger partial charge in [0.2, 0.25) is 0 Å². The first-order valence-corrected chi connectivity index (χ1v) is 6.38. The predicted molar refractivity (Wildman–Crippen MR) is 70.9 cm³/mol. The molecule has 0 saturated heterocycles. The average molecular weight is 305 g/mol. The molecule has 0 bridgehead atoms.